The second-order valence-electron chi connectivity index (χ2n) is 6.89. The van der Waals surface area contributed by atoms with E-state index in [0.717, 1.165) is 36.8 Å². The van der Waals surface area contributed by atoms with Gasteiger partial charge in [0.2, 0.25) is 0 Å². The maximum Gasteiger partial charge on any atom is 0.162 e. The lowest BCUT2D eigenvalue weighted by Crippen LogP contribution is -2.27. The van der Waals surface area contributed by atoms with Crippen molar-refractivity contribution in [3.8, 4) is 0 Å². The van der Waals surface area contributed by atoms with Crippen LogP contribution in [0.3, 0.4) is 0 Å². The van der Waals surface area contributed by atoms with Crippen LogP contribution in [0.1, 0.15) is 43.7 Å². The van der Waals surface area contributed by atoms with Gasteiger partial charge in [0.15, 0.2) is 5.78 Å². The zero-order valence-electron chi connectivity index (χ0n) is 12.2. The number of fused-ring (bicyclic) bond motifs is 5. The van der Waals surface area contributed by atoms with Gasteiger partial charge in [0.1, 0.15) is 0 Å². The molecule has 5 rings (SSSR count). The van der Waals surface area contributed by atoms with Crippen LogP contribution in [-0.2, 0) is 11.2 Å². The number of hydrogen-bond acceptors (Lipinski definition) is 2. The van der Waals surface area contributed by atoms with Crippen LogP contribution in [0.25, 0.3) is 16.5 Å². The van der Waals surface area contributed by atoms with Gasteiger partial charge in [-0.05, 0) is 60.4 Å². The van der Waals surface area contributed by atoms with E-state index in [1.165, 1.54) is 28.5 Å². The third-order valence-electron chi connectivity index (χ3n) is 5.98. The summed E-state index contributed by atoms with van der Waals surface area (Å²) in [5, 5.41) is 8.52. The number of aromatic amines is 1. The van der Waals surface area contributed by atoms with Crippen molar-refractivity contribution in [2.75, 3.05) is 0 Å². The van der Waals surface area contributed by atoms with Gasteiger partial charge < -0.3 is 0 Å². The predicted molar refractivity (Wildman–Crippen MR) is 81.8 cm³/mol. The predicted octanol–water partition coefficient (Wildman–Crippen LogP) is 3.65. The lowest BCUT2D eigenvalue weighted by Gasteiger charge is -2.32. The second-order valence-corrected chi connectivity index (χ2v) is 6.89. The number of benzene rings is 1. The van der Waals surface area contributed by atoms with E-state index in [1.807, 2.05) is 6.20 Å². The summed E-state index contributed by atoms with van der Waals surface area (Å²) in [7, 11) is 0. The van der Waals surface area contributed by atoms with Gasteiger partial charge >= 0.3 is 0 Å². The Morgan fingerprint density at radius 3 is 3.19 bits per heavy atom. The monoisotopic (exact) mass is 278 g/mol. The average molecular weight is 278 g/mol. The van der Waals surface area contributed by atoms with Crippen molar-refractivity contribution in [3.63, 3.8) is 0 Å². The smallest absolute Gasteiger partial charge is 0.162 e. The Kier molecular flexibility index (Phi) is 2.04. The highest BCUT2D eigenvalue weighted by Crippen LogP contribution is 2.63. The van der Waals surface area contributed by atoms with Crippen molar-refractivity contribution in [2.24, 2.45) is 11.3 Å². The molecule has 0 radical (unpaired) electrons. The van der Waals surface area contributed by atoms with Crippen molar-refractivity contribution < 1.29 is 4.79 Å². The SMILES string of the molecule is CCC1=C2c3ccc4[nH]ncc4c3CC23CCC(C3)C1=O. The minimum absolute atomic E-state index is 0.248. The van der Waals surface area contributed by atoms with Crippen LogP contribution in [-0.4, -0.2) is 16.0 Å². The number of H-pyrrole nitrogens is 1. The van der Waals surface area contributed by atoms with Gasteiger partial charge in [0.05, 0.1) is 11.7 Å². The number of aromatic nitrogens is 2. The van der Waals surface area contributed by atoms with Crippen LogP contribution in [0.5, 0.6) is 0 Å². The molecule has 0 amide bonds. The summed E-state index contributed by atoms with van der Waals surface area (Å²) >= 11 is 0. The fourth-order valence-electron chi connectivity index (χ4n) is 5.15. The Morgan fingerprint density at radius 1 is 1.43 bits per heavy atom. The molecule has 1 heterocycles. The van der Waals surface area contributed by atoms with Crippen LogP contribution in [0, 0.1) is 11.3 Å². The number of carbonyl (C=O) groups is 1. The van der Waals surface area contributed by atoms with Crippen molar-refractivity contribution >= 4 is 22.3 Å². The van der Waals surface area contributed by atoms with Gasteiger partial charge in [-0.3, -0.25) is 9.89 Å². The molecule has 0 saturated heterocycles. The number of ketones is 1. The summed E-state index contributed by atoms with van der Waals surface area (Å²) in [6.45, 7) is 2.13. The second kappa shape index (κ2) is 3.65. The number of rotatable bonds is 1. The van der Waals surface area contributed by atoms with E-state index in [4.69, 9.17) is 0 Å². The molecule has 1 fully saturated rings. The summed E-state index contributed by atoms with van der Waals surface area (Å²) in [5.74, 6) is 0.721. The molecule has 3 aliphatic carbocycles. The quantitative estimate of drug-likeness (QED) is 0.865. The molecule has 21 heavy (non-hydrogen) atoms. The Morgan fingerprint density at radius 2 is 2.33 bits per heavy atom. The minimum Gasteiger partial charge on any atom is -0.294 e. The highest BCUT2D eigenvalue weighted by Gasteiger charge is 2.54. The Hall–Kier alpha value is -1.90. The molecule has 2 aromatic rings. The largest absolute Gasteiger partial charge is 0.294 e. The molecular formula is C18H18N2O. The van der Waals surface area contributed by atoms with Crippen molar-refractivity contribution in [2.45, 2.75) is 39.0 Å². The normalized spacial score (nSPS) is 30.1. The first-order valence-electron chi connectivity index (χ1n) is 7.97. The van der Waals surface area contributed by atoms with Crippen molar-refractivity contribution in [3.05, 3.63) is 35.0 Å². The first kappa shape index (κ1) is 11.7. The molecule has 1 spiro atoms. The van der Waals surface area contributed by atoms with E-state index in [-0.39, 0.29) is 11.3 Å². The molecule has 106 valence electrons. The average Bonchev–Trinajstić information content (AvgIpc) is 3.17. The lowest BCUT2D eigenvalue weighted by molar-refractivity contribution is -0.119. The standard InChI is InChI=1S/C18H18N2O/c1-2-11-16-12-3-4-15-14(9-19-20-15)13(12)8-18(16)6-5-10(7-18)17(11)21/h3-4,9-10H,2,5-8H2,1H3,(H,19,20). The summed E-state index contributed by atoms with van der Waals surface area (Å²) in [5.41, 5.74) is 6.61. The number of carbonyl (C=O) groups excluding carboxylic acids is 1. The molecule has 2 atom stereocenters. The third-order valence-corrected chi connectivity index (χ3v) is 5.98. The zero-order valence-corrected chi connectivity index (χ0v) is 12.2. The fraction of sp³-hybridized carbons (Fsp3) is 0.444. The molecular weight excluding hydrogens is 260 g/mol. The van der Waals surface area contributed by atoms with Gasteiger partial charge in [-0.15, -0.1) is 0 Å². The molecule has 1 N–H and O–H groups in total. The molecule has 3 heteroatoms. The number of nitrogens with zero attached hydrogens (tertiary/aromatic N) is 1. The summed E-state index contributed by atoms with van der Waals surface area (Å²) < 4.78 is 0. The molecule has 1 aromatic carbocycles. The molecule has 2 unspecified atom stereocenters. The lowest BCUT2D eigenvalue weighted by atomic mass is 9.70. The summed E-state index contributed by atoms with van der Waals surface area (Å²) in [6.07, 6.45) is 7.24. The van der Waals surface area contributed by atoms with E-state index in [1.54, 1.807) is 0 Å². The molecule has 3 aliphatic rings. The molecule has 3 nitrogen and oxygen atoms in total. The maximum absolute atomic E-state index is 12.7. The van der Waals surface area contributed by atoms with Gasteiger partial charge in [-0.2, -0.15) is 5.10 Å². The van der Waals surface area contributed by atoms with Crippen molar-refractivity contribution in [1.82, 2.24) is 10.2 Å². The highest BCUT2D eigenvalue weighted by molar-refractivity contribution is 6.09. The Balaban J connectivity index is 1.87. The van der Waals surface area contributed by atoms with Gasteiger partial charge in [0.25, 0.3) is 0 Å². The molecule has 1 saturated carbocycles. The number of hydrogen-bond donors (Lipinski definition) is 1. The van der Waals surface area contributed by atoms with Crippen LogP contribution < -0.4 is 0 Å². The van der Waals surface area contributed by atoms with Crippen LogP contribution in [0.4, 0.5) is 0 Å². The number of Topliss-reactive ketones (excluding diaryl/α,β-unsaturated/α-hetero) is 1. The number of allylic oxidation sites excluding steroid dienone is 2. The van der Waals surface area contributed by atoms with E-state index in [0.29, 0.717) is 5.78 Å². The fourth-order valence-corrected chi connectivity index (χ4v) is 5.15. The van der Waals surface area contributed by atoms with E-state index >= 15 is 0 Å². The van der Waals surface area contributed by atoms with Gasteiger partial charge in [0, 0.05) is 16.7 Å². The van der Waals surface area contributed by atoms with Crippen LogP contribution in [0.2, 0.25) is 0 Å². The first-order chi connectivity index (χ1) is 10.2. The molecule has 1 aromatic heterocycles. The first-order valence-corrected chi connectivity index (χ1v) is 7.97. The maximum atomic E-state index is 12.7. The van der Waals surface area contributed by atoms with Gasteiger partial charge in [-0.1, -0.05) is 13.0 Å². The minimum atomic E-state index is 0.248. The highest BCUT2D eigenvalue weighted by atomic mass is 16.1. The Labute approximate surface area is 123 Å². The summed E-state index contributed by atoms with van der Waals surface area (Å²) in [4.78, 5) is 12.7. The topological polar surface area (TPSA) is 45.8 Å². The summed E-state index contributed by atoms with van der Waals surface area (Å²) in [6, 6.07) is 4.33. The van der Waals surface area contributed by atoms with E-state index < -0.39 is 0 Å². The van der Waals surface area contributed by atoms with E-state index in [9.17, 15) is 4.79 Å². The van der Waals surface area contributed by atoms with Crippen molar-refractivity contribution in [1.29, 1.82) is 0 Å². The van der Waals surface area contributed by atoms with E-state index in [2.05, 4.69) is 29.3 Å². The van der Waals surface area contributed by atoms with Crippen LogP contribution in [0.15, 0.2) is 23.9 Å². The molecule has 2 bridgehead atoms. The molecule has 0 aliphatic heterocycles. The van der Waals surface area contributed by atoms with Gasteiger partial charge in [-0.25, -0.2) is 0 Å². The number of nitrogens with one attached hydrogen (secondary N) is 1. The Bertz CT molecular complexity index is 829. The third kappa shape index (κ3) is 1.26. The van der Waals surface area contributed by atoms with Crippen LogP contribution >= 0.6 is 0 Å². The zero-order chi connectivity index (χ0) is 14.2.